The molecule has 0 radical (unpaired) electrons. The fourth-order valence-electron chi connectivity index (χ4n) is 3.81. The van der Waals surface area contributed by atoms with Crippen LogP contribution in [0.25, 0.3) is 0 Å². The van der Waals surface area contributed by atoms with E-state index in [4.69, 9.17) is 20.1 Å². The van der Waals surface area contributed by atoms with Gasteiger partial charge in [0.2, 0.25) is 5.69 Å². The molecule has 25 heteroatoms. The van der Waals surface area contributed by atoms with Crippen LogP contribution in [0.1, 0.15) is 34.5 Å². The average molecular weight is 954 g/mol. The van der Waals surface area contributed by atoms with Crippen molar-refractivity contribution in [1.29, 1.82) is 0 Å². The van der Waals surface area contributed by atoms with Crippen LogP contribution in [0.15, 0.2) is 0 Å². The number of carbonyl (C=O) groups excluding carboxylic acids is 1. The molecule has 0 fully saturated rings. The molecule has 2 aromatic heterocycles. The van der Waals surface area contributed by atoms with Crippen LogP contribution in [-0.4, -0.2) is 92.1 Å². The van der Waals surface area contributed by atoms with E-state index < -0.39 is 31.1 Å². The molecule has 0 aliphatic carbocycles. The third kappa shape index (κ3) is 12.2. The number of nitrogens with two attached hydrogens (primary N) is 2. The van der Waals surface area contributed by atoms with E-state index in [0.717, 1.165) is 4.57 Å². The molecule has 0 aliphatic heterocycles. The zero-order valence-corrected chi connectivity index (χ0v) is 33.3. The lowest BCUT2D eigenvalue weighted by molar-refractivity contribution is -0.396. The highest BCUT2D eigenvalue weighted by molar-refractivity contribution is 9.09. The van der Waals surface area contributed by atoms with E-state index in [2.05, 4.69) is 73.7 Å². The summed E-state index contributed by atoms with van der Waals surface area (Å²) in [7, 11) is -4.23. The standard InChI is InChI=1S/C11H20Br2N5O4P.C10H16Br2N5O5P/c1-3-9-10(16(2)11(15-9)18(19)20)8-22-23(14,21)17(6-4-12)7-5-13;1-15-9(8(6-18)14-10(15)17(19)20)7-22-23(13,21)16(4-2-11)5-3-12/h3-8H2,1-2H3,(H2,14,21);6H,2-5,7H2,1H3,(H2,13,21). The maximum atomic E-state index is 12.6. The van der Waals surface area contributed by atoms with Crippen molar-refractivity contribution in [2.75, 3.05) is 47.5 Å². The van der Waals surface area contributed by atoms with E-state index in [1.54, 1.807) is 4.67 Å². The summed E-state index contributed by atoms with van der Waals surface area (Å²) in [5.74, 6) is -0.777. The fraction of sp³-hybridized carbons (Fsp3) is 0.667. The van der Waals surface area contributed by atoms with Crippen molar-refractivity contribution in [2.24, 2.45) is 25.1 Å². The molecule has 0 aromatic carbocycles. The Balaban J connectivity index is 0.000000460. The van der Waals surface area contributed by atoms with Crippen molar-refractivity contribution in [1.82, 2.24) is 28.4 Å². The number of aldehydes is 1. The minimum atomic E-state index is -3.62. The highest BCUT2D eigenvalue weighted by Gasteiger charge is 2.32. The van der Waals surface area contributed by atoms with Crippen molar-refractivity contribution in [3.63, 3.8) is 0 Å². The van der Waals surface area contributed by atoms with Gasteiger partial charge in [-0.3, -0.25) is 23.0 Å². The van der Waals surface area contributed by atoms with Crippen LogP contribution in [0.4, 0.5) is 11.9 Å². The zero-order valence-electron chi connectivity index (χ0n) is 25.2. The second-order valence-corrected chi connectivity index (χ2v) is 16.1. The SMILES string of the molecule is CCc1nc([N+](=O)[O-])n(C)c1COP(N)(=O)N(CCBr)CCBr.Cn1c([N+](=O)[O-])nc(C=O)c1COP(N)(=O)N(CCBr)CCBr. The Labute approximate surface area is 299 Å². The van der Waals surface area contributed by atoms with Gasteiger partial charge in [0.25, 0.3) is 0 Å². The number of aromatic nitrogens is 4. The third-order valence-electron chi connectivity index (χ3n) is 6.20. The highest BCUT2D eigenvalue weighted by atomic mass is 79.9. The summed E-state index contributed by atoms with van der Waals surface area (Å²) in [5, 5.41) is 24.1. The fourth-order valence-corrected chi connectivity index (χ4v) is 9.08. The lowest BCUT2D eigenvalue weighted by atomic mass is 10.3. The maximum absolute atomic E-state index is 12.6. The van der Waals surface area contributed by atoms with E-state index in [1.807, 2.05) is 6.92 Å². The number of rotatable bonds is 20. The van der Waals surface area contributed by atoms with Crippen LogP contribution < -0.4 is 11.0 Å². The molecule has 0 bridgehead atoms. The number of halogens is 4. The molecule has 2 unspecified atom stereocenters. The molecular formula is C21H36Br4N10O9P2. The summed E-state index contributed by atoms with van der Waals surface area (Å²) in [6.07, 6.45) is 0.879. The molecule has 0 aliphatic rings. The van der Waals surface area contributed by atoms with Gasteiger partial charge in [-0.2, -0.15) is 0 Å². The molecule has 262 valence electrons. The van der Waals surface area contributed by atoms with Gasteiger partial charge in [-0.05, 0) is 9.85 Å². The summed E-state index contributed by atoms with van der Waals surface area (Å²) < 4.78 is 41.3. The van der Waals surface area contributed by atoms with Crippen molar-refractivity contribution in [3.8, 4) is 0 Å². The van der Waals surface area contributed by atoms with Crippen molar-refractivity contribution in [3.05, 3.63) is 43.0 Å². The number of carbonyl (C=O) groups is 1. The molecule has 2 aromatic rings. The third-order valence-corrected chi connectivity index (χ3v) is 11.0. The molecule has 2 atom stereocenters. The second kappa shape index (κ2) is 20.5. The molecule has 0 spiro atoms. The molecule has 0 saturated heterocycles. The summed E-state index contributed by atoms with van der Waals surface area (Å²) in [5.41, 5.74) is 12.6. The molecule has 2 heterocycles. The van der Waals surface area contributed by atoms with Gasteiger partial charge in [-0.15, -0.1) is 0 Å². The minimum Gasteiger partial charge on any atom is -0.390 e. The Morgan fingerprint density at radius 1 is 0.804 bits per heavy atom. The number of hydrogen-bond donors (Lipinski definition) is 2. The van der Waals surface area contributed by atoms with Gasteiger partial charge in [0.15, 0.2) is 17.7 Å². The largest absolute Gasteiger partial charge is 0.435 e. The van der Waals surface area contributed by atoms with E-state index in [-0.39, 0.29) is 30.5 Å². The van der Waals surface area contributed by atoms with Crippen molar-refractivity contribution < 1.29 is 32.8 Å². The Kier molecular flexibility index (Phi) is 19.2. The first-order chi connectivity index (χ1) is 21.6. The summed E-state index contributed by atoms with van der Waals surface area (Å²) >= 11 is 13.0. The number of nitro groups is 2. The quantitative estimate of drug-likeness (QED) is 0.0615. The van der Waals surface area contributed by atoms with Gasteiger partial charge >= 0.3 is 27.2 Å². The number of imidazole rings is 2. The monoisotopic (exact) mass is 950 g/mol. The topological polar surface area (TPSA) is 250 Å². The smallest absolute Gasteiger partial charge is 0.390 e. The van der Waals surface area contributed by atoms with Crippen LogP contribution in [0.5, 0.6) is 0 Å². The van der Waals surface area contributed by atoms with Gasteiger partial charge in [0.05, 0.1) is 14.1 Å². The number of aryl methyl sites for hydroxylation is 1. The zero-order chi connectivity index (χ0) is 35.2. The first kappa shape index (κ1) is 43.1. The molecule has 46 heavy (non-hydrogen) atoms. The maximum Gasteiger partial charge on any atom is 0.435 e. The number of nitrogens with zero attached hydrogens (tertiary/aromatic N) is 8. The summed E-state index contributed by atoms with van der Waals surface area (Å²) in [6, 6.07) is 0. The molecule has 4 N–H and O–H groups in total. The lowest BCUT2D eigenvalue weighted by Gasteiger charge is -2.26. The Morgan fingerprint density at radius 3 is 1.52 bits per heavy atom. The van der Waals surface area contributed by atoms with Crippen LogP contribution >= 0.6 is 79.1 Å². The Hall–Kier alpha value is -0.970. The van der Waals surface area contributed by atoms with Crippen LogP contribution in [0, 0.1) is 20.2 Å². The number of hydrogen-bond acceptors (Lipinski definition) is 11. The normalized spacial score (nSPS) is 14.1. The number of alkyl halides is 4. The lowest BCUT2D eigenvalue weighted by Crippen LogP contribution is -2.29. The van der Waals surface area contributed by atoms with Gasteiger partial charge in [-0.1, -0.05) is 80.6 Å². The average Bonchev–Trinajstić information content (AvgIpc) is 3.50. The van der Waals surface area contributed by atoms with E-state index in [0.29, 0.717) is 71.6 Å². The first-order valence-electron chi connectivity index (χ1n) is 13.2. The molecule has 19 nitrogen and oxygen atoms in total. The highest BCUT2D eigenvalue weighted by Crippen LogP contribution is 2.44. The Bertz CT molecular complexity index is 1420. The van der Waals surface area contributed by atoms with Crippen LogP contribution in [0.2, 0.25) is 0 Å². The Morgan fingerprint density at radius 2 is 1.17 bits per heavy atom. The predicted octanol–water partition coefficient (Wildman–Crippen LogP) is 4.38. The second-order valence-electron chi connectivity index (χ2n) is 8.99. The van der Waals surface area contributed by atoms with E-state index in [1.165, 1.54) is 23.3 Å². The summed E-state index contributed by atoms with van der Waals surface area (Å²) in [4.78, 5) is 39.1. The van der Waals surface area contributed by atoms with E-state index in [9.17, 15) is 34.2 Å². The predicted molar refractivity (Wildman–Crippen MR) is 186 cm³/mol. The van der Waals surface area contributed by atoms with Crippen molar-refractivity contribution in [2.45, 2.75) is 26.6 Å². The van der Waals surface area contributed by atoms with Crippen molar-refractivity contribution >= 4 is 97.2 Å². The van der Waals surface area contributed by atoms with Crippen LogP contribution in [-0.2, 0) is 51.9 Å². The van der Waals surface area contributed by atoms with Gasteiger partial charge in [-0.25, -0.2) is 29.5 Å². The van der Waals surface area contributed by atoms with Gasteiger partial charge in [0, 0.05) is 53.9 Å². The molecule has 0 amide bonds. The minimum absolute atomic E-state index is 0.102. The molecule has 0 saturated carbocycles. The summed E-state index contributed by atoms with van der Waals surface area (Å²) in [6.45, 7) is 3.11. The van der Waals surface area contributed by atoms with Crippen LogP contribution in [0.3, 0.4) is 0 Å². The van der Waals surface area contributed by atoms with E-state index >= 15 is 0 Å². The molecule has 2 rings (SSSR count). The van der Waals surface area contributed by atoms with Gasteiger partial charge in [0.1, 0.15) is 18.9 Å². The first-order valence-corrected chi connectivity index (χ1v) is 21.0. The molecular weight excluding hydrogens is 918 g/mol. The van der Waals surface area contributed by atoms with Gasteiger partial charge < -0.3 is 20.2 Å².